The van der Waals surface area contributed by atoms with Gasteiger partial charge >= 0.3 is 0 Å². The molecule has 0 atom stereocenters. The Morgan fingerprint density at radius 3 is 1.16 bits per heavy atom. The van der Waals surface area contributed by atoms with Crippen molar-refractivity contribution in [3.05, 3.63) is 140 Å². The van der Waals surface area contributed by atoms with Crippen LogP contribution in [0, 0.1) is 0 Å². The lowest BCUT2D eigenvalue weighted by Crippen LogP contribution is -2.16. The average Bonchev–Trinajstić information content (AvgIpc) is 2.89. The fourth-order valence-electron chi connectivity index (χ4n) is 3.80. The molecule has 0 spiro atoms. The molecule has 32 heavy (non-hydrogen) atoms. The van der Waals surface area contributed by atoms with Gasteiger partial charge in [-0.2, -0.15) is 0 Å². The summed E-state index contributed by atoms with van der Waals surface area (Å²) < 4.78 is 7.02. The molecule has 154 valence electrons. The highest BCUT2D eigenvalue weighted by Gasteiger charge is 2.21. The van der Waals surface area contributed by atoms with Gasteiger partial charge in [-0.05, 0) is 11.1 Å². The van der Waals surface area contributed by atoms with Gasteiger partial charge in [0, 0.05) is 21.7 Å². The maximum absolute atomic E-state index is 7.02. The predicted octanol–water partition coefficient (Wildman–Crippen LogP) is 7.45. The lowest BCUT2D eigenvalue weighted by Gasteiger charge is -2.23. The standard InChI is InChI=1S/C30H23OP/c1-5-14-24(15-6-1)28-22-13-23-29(25-16-7-2-8-17-25)30(28)31-32(26-18-9-3-10-19-26)27-20-11-4-12-21-27/h1-23H. The molecular formula is C30H23OP. The van der Waals surface area contributed by atoms with Gasteiger partial charge in [-0.1, -0.05) is 140 Å². The number of rotatable bonds is 6. The third-order valence-electron chi connectivity index (χ3n) is 5.35. The van der Waals surface area contributed by atoms with E-state index in [4.69, 9.17) is 4.52 Å². The summed E-state index contributed by atoms with van der Waals surface area (Å²) in [6, 6.07) is 48.5. The fourth-order valence-corrected chi connectivity index (χ4v) is 5.57. The zero-order chi connectivity index (χ0) is 21.6. The topological polar surface area (TPSA) is 9.23 Å². The number of hydrogen-bond acceptors (Lipinski definition) is 1. The Kier molecular flexibility index (Phi) is 6.10. The molecule has 0 heterocycles. The Balaban J connectivity index is 1.70. The average molecular weight is 430 g/mol. The quantitative estimate of drug-likeness (QED) is 0.254. The zero-order valence-electron chi connectivity index (χ0n) is 17.6. The number of para-hydroxylation sites is 1. The summed E-state index contributed by atoms with van der Waals surface area (Å²) in [4.78, 5) is 0. The minimum atomic E-state index is -1.04. The Morgan fingerprint density at radius 1 is 0.375 bits per heavy atom. The van der Waals surface area contributed by atoms with E-state index in [-0.39, 0.29) is 0 Å². The molecule has 0 aliphatic heterocycles. The molecule has 1 nitrogen and oxygen atoms in total. The molecule has 0 aliphatic carbocycles. The Bertz CT molecular complexity index is 1170. The molecule has 0 aromatic heterocycles. The highest BCUT2D eigenvalue weighted by molar-refractivity contribution is 7.68. The summed E-state index contributed by atoms with van der Waals surface area (Å²) in [6.45, 7) is 0. The van der Waals surface area contributed by atoms with E-state index in [1.54, 1.807) is 0 Å². The lowest BCUT2D eigenvalue weighted by atomic mass is 9.97. The molecule has 0 saturated heterocycles. The minimum Gasteiger partial charge on any atom is -0.463 e. The molecule has 0 bridgehead atoms. The van der Waals surface area contributed by atoms with E-state index >= 15 is 0 Å². The highest BCUT2D eigenvalue weighted by Crippen LogP contribution is 2.46. The van der Waals surface area contributed by atoms with Gasteiger partial charge in [0.25, 0.3) is 0 Å². The Hall–Kier alpha value is -3.67. The van der Waals surface area contributed by atoms with Crippen LogP contribution < -0.4 is 15.1 Å². The van der Waals surface area contributed by atoms with Crippen LogP contribution in [-0.4, -0.2) is 0 Å². The Labute approximate surface area is 190 Å². The van der Waals surface area contributed by atoms with E-state index in [9.17, 15) is 0 Å². The van der Waals surface area contributed by atoms with Gasteiger partial charge in [-0.15, -0.1) is 0 Å². The monoisotopic (exact) mass is 430 g/mol. The molecule has 0 N–H and O–H groups in total. The van der Waals surface area contributed by atoms with Crippen LogP contribution in [0.25, 0.3) is 22.3 Å². The van der Waals surface area contributed by atoms with Gasteiger partial charge in [-0.3, -0.25) is 0 Å². The second-order valence-electron chi connectivity index (χ2n) is 7.47. The summed E-state index contributed by atoms with van der Waals surface area (Å²) in [5.41, 5.74) is 4.50. The summed E-state index contributed by atoms with van der Waals surface area (Å²) >= 11 is 0. The summed E-state index contributed by atoms with van der Waals surface area (Å²) in [5, 5.41) is 2.38. The van der Waals surface area contributed by atoms with Crippen LogP contribution in [0.3, 0.4) is 0 Å². The first-order chi connectivity index (χ1) is 15.9. The normalized spacial score (nSPS) is 10.8. The predicted molar refractivity (Wildman–Crippen MR) is 137 cm³/mol. The third kappa shape index (κ3) is 4.35. The van der Waals surface area contributed by atoms with Crippen molar-refractivity contribution in [3.63, 3.8) is 0 Å². The van der Waals surface area contributed by atoms with Crippen molar-refractivity contribution in [2.45, 2.75) is 0 Å². The van der Waals surface area contributed by atoms with Gasteiger partial charge < -0.3 is 4.52 Å². The lowest BCUT2D eigenvalue weighted by molar-refractivity contribution is 0.634. The molecule has 5 aromatic carbocycles. The van der Waals surface area contributed by atoms with Crippen LogP contribution >= 0.6 is 8.15 Å². The van der Waals surface area contributed by atoms with Crippen LogP contribution in [0.2, 0.25) is 0 Å². The van der Waals surface area contributed by atoms with Crippen LogP contribution in [0.5, 0.6) is 5.75 Å². The second-order valence-corrected chi connectivity index (χ2v) is 9.28. The SMILES string of the molecule is c1ccc(-c2cccc(-c3ccccc3)c2OP(c2ccccc2)c2ccccc2)cc1. The van der Waals surface area contributed by atoms with Gasteiger partial charge in [0.05, 0.1) is 0 Å². The summed E-state index contributed by atoms with van der Waals surface area (Å²) in [6.07, 6.45) is 0. The molecule has 0 aliphatic rings. The zero-order valence-corrected chi connectivity index (χ0v) is 18.5. The summed E-state index contributed by atoms with van der Waals surface area (Å²) in [7, 11) is -1.04. The Morgan fingerprint density at radius 2 is 0.750 bits per heavy atom. The smallest absolute Gasteiger partial charge is 0.150 e. The van der Waals surface area contributed by atoms with Crippen molar-refractivity contribution in [2.24, 2.45) is 0 Å². The van der Waals surface area contributed by atoms with E-state index in [1.165, 1.54) is 10.6 Å². The molecule has 5 rings (SSSR count). The van der Waals surface area contributed by atoms with Crippen molar-refractivity contribution in [1.82, 2.24) is 0 Å². The second kappa shape index (κ2) is 9.64. The first-order valence-electron chi connectivity index (χ1n) is 10.7. The largest absolute Gasteiger partial charge is 0.463 e. The van der Waals surface area contributed by atoms with Gasteiger partial charge in [0.15, 0.2) is 8.15 Å². The maximum Gasteiger partial charge on any atom is 0.150 e. The highest BCUT2D eigenvalue weighted by atomic mass is 31.1. The van der Waals surface area contributed by atoms with Crippen LogP contribution in [0.1, 0.15) is 0 Å². The molecule has 2 heteroatoms. The van der Waals surface area contributed by atoms with Gasteiger partial charge in [0.1, 0.15) is 5.75 Å². The van der Waals surface area contributed by atoms with Crippen molar-refractivity contribution in [1.29, 1.82) is 0 Å². The van der Waals surface area contributed by atoms with Crippen molar-refractivity contribution in [3.8, 4) is 28.0 Å². The first kappa shape index (κ1) is 20.2. The molecule has 0 unspecified atom stereocenters. The third-order valence-corrected chi connectivity index (χ3v) is 7.25. The van der Waals surface area contributed by atoms with Gasteiger partial charge in [-0.25, -0.2) is 0 Å². The van der Waals surface area contributed by atoms with Crippen LogP contribution in [-0.2, 0) is 0 Å². The van der Waals surface area contributed by atoms with E-state index < -0.39 is 8.15 Å². The van der Waals surface area contributed by atoms with Crippen molar-refractivity contribution >= 4 is 18.8 Å². The minimum absolute atomic E-state index is 0.920. The van der Waals surface area contributed by atoms with Gasteiger partial charge in [0.2, 0.25) is 0 Å². The molecule has 0 saturated carbocycles. The number of hydrogen-bond donors (Lipinski definition) is 0. The molecular weight excluding hydrogens is 407 g/mol. The maximum atomic E-state index is 7.02. The molecule has 0 fully saturated rings. The first-order valence-corrected chi connectivity index (χ1v) is 12.0. The molecule has 0 amide bonds. The fraction of sp³-hybridized carbons (Fsp3) is 0. The van der Waals surface area contributed by atoms with Crippen molar-refractivity contribution < 1.29 is 4.52 Å². The van der Waals surface area contributed by atoms with Crippen LogP contribution in [0.15, 0.2) is 140 Å². The van der Waals surface area contributed by atoms with Crippen LogP contribution in [0.4, 0.5) is 0 Å². The summed E-state index contributed by atoms with van der Waals surface area (Å²) in [5.74, 6) is 0.920. The number of benzene rings is 5. The van der Waals surface area contributed by atoms with E-state index in [1.807, 2.05) is 12.1 Å². The molecule has 5 aromatic rings. The van der Waals surface area contributed by atoms with Crippen molar-refractivity contribution in [2.75, 3.05) is 0 Å². The molecule has 0 radical (unpaired) electrons. The van der Waals surface area contributed by atoms with E-state index in [2.05, 4.69) is 127 Å². The van der Waals surface area contributed by atoms with E-state index in [0.717, 1.165) is 28.0 Å². The van der Waals surface area contributed by atoms with E-state index in [0.29, 0.717) is 0 Å².